The minimum atomic E-state index is -0.512. The molecule has 2 amide bonds. The van der Waals surface area contributed by atoms with Gasteiger partial charge >= 0.3 is 6.03 Å². The standard InChI is InChI=1S/C23H33FN4OS/c1-16-6-7-17(14-26-16)21(2,3)28-13-12-23(15-28,22(4,5)27-20(25)29)11-10-18-8-9-19(24)30-18/h6-9,14H,10-13,15H2,1-5H3,(H3,25,27,29)/t23-/m1/s1. The van der Waals surface area contributed by atoms with Crippen molar-refractivity contribution in [3.8, 4) is 0 Å². The van der Waals surface area contributed by atoms with Crippen LogP contribution in [0.1, 0.15) is 56.7 Å². The Balaban J connectivity index is 1.87. The summed E-state index contributed by atoms with van der Waals surface area (Å²) in [7, 11) is 0. The highest BCUT2D eigenvalue weighted by atomic mass is 32.1. The molecule has 0 bridgehead atoms. The highest BCUT2D eigenvalue weighted by Crippen LogP contribution is 2.48. The van der Waals surface area contributed by atoms with Gasteiger partial charge in [0.15, 0.2) is 5.13 Å². The van der Waals surface area contributed by atoms with Crippen molar-refractivity contribution in [3.05, 3.63) is 51.7 Å². The second-order valence-corrected chi connectivity index (χ2v) is 10.6. The smallest absolute Gasteiger partial charge is 0.312 e. The van der Waals surface area contributed by atoms with E-state index in [1.54, 1.807) is 0 Å². The molecule has 5 nitrogen and oxygen atoms in total. The lowest BCUT2D eigenvalue weighted by atomic mass is 9.67. The molecule has 0 unspecified atom stereocenters. The predicted molar refractivity (Wildman–Crippen MR) is 120 cm³/mol. The summed E-state index contributed by atoms with van der Waals surface area (Å²) in [5, 5.41) is 2.83. The van der Waals surface area contributed by atoms with Crippen molar-refractivity contribution in [1.82, 2.24) is 15.2 Å². The SMILES string of the molecule is Cc1ccc(C(C)(C)N2CC[C@@](CCc3ccc(F)s3)(C(C)(C)NC(N)=O)C2)cn1. The number of thiophene rings is 1. The molecule has 2 aromatic rings. The third-order valence-corrected chi connectivity index (χ3v) is 7.94. The summed E-state index contributed by atoms with van der Waals surface area (Å²) in [6.07, 6.45) is 4.51. The summed E-state index contributed by atoms with van der Waals surface area (Å²) in [6.45, 7) is 12.3. The molecule has 3 N–H and O–H groups in total. The largest absolute Gasteiger partial charge is 0.352 e. The molecule has 0 aromatic carbocycles. The van der Waals surface area contributed by atoms with Crippen LogP contribution in [0.4, 0.5) is 9.18 Å². The van der Waals surface area contributed by atoms with E-state index in [-0.39, 0.29) is 16.1 Å². The van der Waals surface area contributed by atoms with Crippen molar-refractivity contribution in [1.29, 1.82) is 0 Å². The van der Waals surface area contributed by atoms with Gasteiger partial charge in [-0.15, -0.1) is 11.3 Å². The number of amides is 2. The maximum Gasteiger partial charge on any atom is 0.312 e. The lowest BCUT2D eigenvalue weighted by molar-refractivity contribution is 0.0790. The van der Waals surface area contributed by atoms with Gasteiger partial charge in [-0.25, -0.2) is 4.79 Å². The number of nitrogens with one attached hydrogen (secondary N) is 1. The molecule has 0 saturated carbocycles. The van der Waals surface area contributed by atoms with Crippen molar-refractivity contribution >= 4 is 17.4 Å². The number of likely N-dealkylation sites (tertiary alicyclic amines) is 1. The van der Waals surface area contributed by atoms with Crippen LogP contribution in [0.2, 0.25) is 0 Å². The maximum atomic E-state index is 13.5. The monoisotopic (exact) mass is 432 g/mol. The Kier molecular flexibility index (Phi) is 6.25. The number of pyridine rings is 1. The predicted octanol–water partition coefficient (Wildman–Crippen LogP) is 4.60. The first-order chi connectivity index (χ1) is 13.9. The first kappa shape index (κ1) is 22.7. The molecule has 1 fully saturated rings. The van der Waals surface area contributed by atoms with Crippen molar-refractivity contribution in [2.24, 2.45) is 11.1 Å². The first-order valence-corrected chi connectivity index (χ1v) is 11.3. The van der Waals surface area contributed by atoms with E-state index >= 15 is 0 Å². The van der Waals surface area contributed by atoms with Gasteiger partial charge in [0.25, 0.3) is 0 Å². The third kappa shape index (κ3) is 4.52. The molecule has 164 valence electrons. The summed E-state index contributed by atoms with van der Waals surface area (Å²) < 4.78 is 13.5. The molecule has 7 heteroatoms. The Morgan fingerprint density at radius 2 is 2.03 bits per heavy atom. The second-order valence-electron chi connectivity index (χ2n) is 9.52. The fourth-order valence-electron chi connectivity index (χ4n) is 4.68. The van der Waals surface area contributed by atoms with Crippen molar-refractivity contribution in [2.75, 3.05) is 13.1 Å². The molecule has 0 spiro atoms. The zero-order chi connectivity index (χ0) is 22.2. The van der Waals surface area contributed by atoms with Crippen LogP contribution < -0.4 is 11.1 Å². The Morgan fingerprint density at radius 1 is 1.30 bits per heavy atom. The lowest BCUT2D eigenvalue weighted by Gasteiger charge is -2.46. The summed E-state index contributed by atoms with van der Waals surface area (Å²) in [5.41, 5.74) is 6.82. The molecule has 1 saturated heterocycles. The van der Waals surface area contributed by atoms with E-state index in [4.69, 9.17) is 5.73 Å². The van der Waals surface area contributed by atoms with Crippen LogP contribution >= 0.6 is 11.3 Å². The van der Waals surface area contributed by atoms with Gasteiger partial charge in [-0.2, -0.15) is 4.39 Å². The number of rotatable bonds is 7. The van der Waals surface area contributed by atoms with E-state index in [1.807, 2.05) is 25.3 Å². The highest BCUT2D eigenvalue weighted by molar-refractivity contribution is 7.10. The van der Waals surface area contributed by atoms with Gasteiger partial charge < -0.3 is 11.1 Å². The molecule has 30 heavy (non-hydrogen) atoms. The van der Waals surface area contributed by atoms with Crippen LogP contribution in [0.5, 0.6) is 0 Å². The number of nitrogens with two attached hydrogens (primary N) is 1. The molecule has 3 rings (SSSR count). The van der Waals surface area contributed by atoms with Crippen molar-refractivity contribution in [3.63, 3.8) is 0 Å². The van der Waals surface area contributed by atoms with E-state index in [0.717, 1.165) is 42.9 Å². The summed E-state index contributed by atoms with van der Waals surface area (Å²) in [6, 6.07) is 7.06. The van der Waals surface area contributed by atoms with Crippen LogP contribution in [0.15, 0.2) is 30.5 Å². The molecule has 1 aliphatic heterocycles. The first-order valence-electron chi connectivity index (χ1n) is 10.5. The van der Waals surface area contributed by atoms with Crippen LogP contribution in [-0.4, -0.2) is 34.5 Å². The van der Waals surface area contributed by atoms with E-state index in [1.165, 1.54) is 23.0 Å². The molecular formula is C23H33FN4OS. The van der Waals surface area contributed by atoms with Crippen LogP contribution in [0.25, 0.3) is 0 Å². The Hall–Kier alpha value is -1.99. The van der Waals surface area contributed by atoms with E-state index in [0.29, 0.717) is 0 Å². The Morgan fingerprint density at radius 3 is 2.60 bits per heavy atom. The highest BCUT2D eigenvalue weighted by Gasteiger charge is 2.52. The van der Waals surface area contributed by atoms with E-state index in [9.17, 15) is 9.18 Å². The van der Waals surface area contributed by atoms with Gasteiger partial charge in [0, 0.05) is 39.8 Å². The van der Waals surface area contributed by atoms with Crippen LogP contribution in [-0.2, 0) is 12.0 Å². The number of urea groups is 1. The summed E-state index contributed by atoms with van der Waals surface area (Å²) in [4.78, 5) is 19.8. The Bertz CT molecular complexity index is 893. The number of aryl methyl sites for hydroxylation is 2. The minimum Gasteiger partial charge on any atom is -0.352 e. The average Bonchev–Trinajstić information content (AvgIpc) is 3.27. The zero-order valence-electron chi connectivity index (χ0n) is 18.6. The molecule has 1 atom stereocenters. The van der Waals surface area contributed by atoms with Crippen molar-refractivity contribution < 1.29 is 9.18 Å². The van der Waals surface area contributed by atoms with E-state index < -0.39 is 11.6 Å². The fraction of sp³-hybridized carbons (Fsp3) is 0.565. The quantitative estimate of drug-likeness (QED) is 0.672. The maximum absolute atomic E-state index is 13.5. The lowest BCUT2D eigenvalue weighted by Crippen LogP contribution is -2.59. The normalized spacial score (nSPS) is 20.5. The van der Waals surface area contributed by atoms with Gasteiger partial charge in [-0.05, 0) is 84.2 Å². The van der Waals surface area contributed by atoms with Crippen LogP contribution in [0, 0.1) is 17.5 Å². The van der Waals surface area contributed by atoms with Crippen molar-refractivity contribution in [2.45, 2.75) is 65.0 Å². The average molecular weight is 433 g/mol. The summed E-state index contributed by atoms with van der Waals surface area (Å²) in [5.74, 6) is 0. The second kappa shape index (κ2) is 8.27. The number of hydrogen-bond donors (Lipinski definition) is 2. The fourth-order valence-corrected chi connectivity index (χ4v) is 5.40. The number of nitrogens with zero attached hydrogens (tertiary/aromatic N) is 2. The number of halogens is 1. The zero-order valence-corrected chi connectivity index (χ0v) is 19.4. The molecule has 1 aliphatic rings. The number of carbonyl (C=O) groups excluding carboxylic acids is 1. The van der Waals surface area contributed by atoms with Gasteiger partial charge in [-0.1, -0.05) is 6.07 Å². The molecule has 2 aromatic heterocycles. The van der Waals surface area contributed by atoms with Crippen LogP contribution in [0.3, 0.4) is 0 Å². The van der Waals surface area contributed by atoms with Gasteiger partial charge in [0.1, 0.15) is 0 Å². The minimum absolute atomic E-state index is 0.158. The third-order valence-electron chi connectivity index (χ3n) is 7.00. The molecule has 3 heterocycles. The van der Waals surface area contributed by atoms with Gasteiger partial charge in [0.05, 0.1) is 0 Å². The molecular weight excluding hydrogens is 399 g/mol. The topological polar surface area (TPSA) is 71.2 Å². The Labute approximate surface area is 182 Å². The number of aromatic nitrogens is 1. The number of carbonyl (C=O) groups is 1. The molecule has 0 radical (unpaired) electrons. The number of hydrogen-bond acceptors (Lipinski definition) is 4. The summed E-state index contributed by atoms with van der Waals surface area (Å²) >= 11 is 1.20. The van der Waals surface area contributed by atoms with Gasteiger partial charge in [0.2, 0.25) is 0 Å². The van der Waals surface area contributed by atoms with E-state index in [2.05, 4.69) is 49.0 Å². The van der Waals surface area contributed by atoms with Gasteiger partial charge in [-0.3, -0.25) is 9.88 Å². The number of primary amides is 1. The molecule has 0 aliphatic carbocycles.